The molecule has 1 atom stereocenters. The molecule has 74 valence electrons. The van der Waals surface area contributed by atoms with Crippen molar-refractivity contribution < 1.29 is 4.92 Å². The monoisotopic (exact) mass is 192 g/mol. The molecular formula is C10H12N2O2. The fourth-order valence-corrected chi connectivity index (χ4v) is 1.94. The maximum absolute atomic E-state index is 10.9. The summed E-state index contributed by atoms with van der Waals surface area (Å²) in [5, 5.41) is 10.9. The third kappa shape index (κ3) is 1.37. The topological polar surface area (TPSA) is 46.4 Å². The number of hydrogen-bond donors (Lipinski definition) is 0. The van der Waals surface area contributed by atoms with Gasteiger partial charge in [-0.2, -0.15) is 0 Å². The minimum atomic E-state index is -0.667. The highest BCUT2D eigenvalue weighted by molar-refractivity contribution is 5.30. The number of hydrogen-bond acceptors (Lipinski definition) is 3. The Kier molecular flexibility index (Phi) is 2.21. The summed E-state index contributed by atoms with van der Waals surface area (Å²) in [4.78, 5) is 12.4. The second-order valence-corrected chi connectivity index (χ2v) is 3.59. The van der Waals surface area contributed by atoms with Crippen LogP contribution >= 0.6 is 0 Å². The van der Waals surface area contributed by atoms with Gasteiger partial charge in [-0.05, 0) is 19.0 Å². The quantitative estimate of drug-likeness (QED) is 0.499. The molecule has 0 aliphatic carbocycles. The van der Waals surface area contributed by atoms with E-state index in [9.17, 15) is 10.1 Å². The highest BCUT2D eigenvalue weighted by atomic mass is 16.6. The molecule has 1 unspecified atom stereocenters. The van der Waals surface area contributed by atoms with Crippen LogP contribution in [0.2, 0.25) is 0 Å². The standard InChI is InChI=1S/C10H12N2O2/c1-11-7-6-8-4-2-3-5-9(8)10(11)12(13)14/h2-5,10H,6-7H2,1H3. The van der Waals surface area contributed by atoms with Crippen LogP contribution in [0.1, 0.15) is 17.3 Å². The number of nitro groups is 1. The van der Waals surface area contributed by atoms with Gasteiger partial charge in [0.2, 0.25) is 0 Å². The van der Waals surface area contributed by atoms with Crippen molar-refractivity contribution in [1.82, 2.24) is 4.90 Å². The number of benzene rings is 1. The van der Waals surface area contributed by atoms with E-state index in [2.05, 4.69) is 0 Å². The fraction of sp³-hybridized carbons (Fsp3) is 0.400. The van der Waals surface area contributed by atoms with Crippen LogP contribution in [0, 0.1) is 10.1 Å². The maximum atomic E-state index is 10.9. The summed E-state index contributed by atoms with van der Waals surface area (Å²) < 4.78 is 0. The number of fused-ring (bicyclic) bond motifs is 1. The Morgan fingerprint density at radius 3 is 2.93 bits per heavy atom. The van der Waals surface area contributed by atoms with Crippen LogP contribution in [0.3, 0.4) is 0 Å². The first-order chi connectivity index (χ1) is 6.70. The molecular weight excluding hydrogens is 180 g/mol. The molecule has 4 heteroatoms. The number of likely N-dealkylation sites (N-methyl/N-ethyl adjacent to an activating group) is 1. The lowest BCUT2D eigenvalue weighted by atomic mass is 9.98. The Morgan fingerprint density at radius 2 is 2.21 bits per heavy atom. The second-order valence-electron chi connectivity index (χ2n) is 3.59. The molecule has 1 aliphatic rings. The first kappa shape index (κ1) is 9.15. The van der Waals surface area contributed by atoms with E-state index in [4.69, 9.17) is 0 Å². The van der Waals surface area contributed by atoms with Crippen LogP contribution in [0.15, 0.2) is 24.3 Å². The molecule has 0 aromatic heterocycles. The van der Waals surface area contributed by atoms with E-state index in [0.717, 1.165) is 24.1 Å². The van der Waals surface area contributed by atoms with Gasteiger partial charge in [-0.1, -0.05) is 24.3 Å². The first-order valence-electron chi connectivity index (χ1n) is 4.61. The molecule has 14 heavy (non-hydrogen) atoms. The lowest BCUT2D eigenvalue weighted by Crippen LogP contribution is -2.36. The van der Waals surface area contributed by atoms with Gasteiger partial charge >= 0.3 is 0 Å². The van der Waals surface area contributed by atoms with Crippen LogP contribution in [0.5, 0.6) is 0 Å². The molecule has 1 aliphatic heterocycles. The van der Waals surface area contributed by atoms with Gasteiger partial charge in [-0.3, -0.25) is 10.1 Å². The van der Waals surface area contributed by atoms with E-state index in [-0.39, 0.29) is 4.92 Å². The van der Waals surface area contributed by atoms with Crippen molar-refractivity contribution in [3.63, 3.8) is 0 Å². The van der Waals surface area contributed by atoms with Crippen molar-refractivity contribution in [3.05, 3.63) is 45.5 Å². The van der Waals surface area contributed by atoms with Gasteiger partial charge in [-0.15, -0.1) is 0 Å². The van der Waals surface area contributed by atoms with E-state index >= 15 is 0 Å². The third-order valence-corrected chi connectivity index (χ3v) is 2.68. The third-order valence-electron chi connectivity index (χ3n) is 2.68. The summed E-state index contributed by atoms with van der Waals surface area (Å²) in [6.45, 7) is 0.753. The average molecular weight is 192 g/mol. The predicted molar refractivity (Wildman–Crippen MR) is 52.5 cm³/mol. The van der Waals surface area contributed by atoms with Gasteiger partial charge in [0, 0.05) is 17.0 Å². The summed E-state index contributed by atoms with van der Waals surface area (Å²) in [7, 11) is 1.80. The molecule has 0 radical (unpaired) electrons. The molecule has 0 amide bonds. The summed E-state index contributed by atoms with van der Waals surface area (Å²) in [6, 6.07) is 7.60. The molecule has 1 aromatic rings. The predicted octanol–water partition coefficient (Wildman–Crippen LogP) is 1.45. The number of nitrogens with zero attached hydrogens (tertiary/aromatic N) is 2. The average Bonchev–Trinajstić information content (AvgIpc) is 2.17. The molecule has 0 N–H and O–H groups in total. The summed E-state index contributed by atoms with van der Waals surface area (Å²) in [5.74, 6) is 0. The Bertz CT molecular complexity index is 365. The van der Waals surface area contributed by atoms with Crippen LogP contribution in [-0.4, -0.2) is 23.4 Å². The summed E-state index contributed by atoms with van der Waals surface area (Å²) in [5.41, 5.74) is 1.94. The minimum absolute atomic E-state index is 0.224. The van der Waals surface area contributed by atoms with Gasteiger partial charge in [-0.25, -0.2) is 4.90 Å². The maximum Gasteiger partial charge on any atom is 0.294 e. The highest BCUT2D eigenvalue weighted by Gasteiger charge is 2.33. The Morgan fingerprint density at radius 1 is 1.50 bits per heavy atom. The van der Waals surface area contributed by atoms with Gasteiger partial charge in [0.1, 0.15) is 0 Å². The van der Waals surface area contributed by atoms with Crippen LogP contribution in [0.25, 0.3) is 0 Å². The Labute approximate surface area is 82.3 Å². The van der Waals surface area contributed by atoms with E-state index in [0.29, 0.717) is 0 Å². The minimum Gasteiger partial charge on any atom is -0.262 e. The van der Waals surface area contributed by atoms with Crippen molar-refractivity contribution in [3.8, 4) is 0 Å². The lowest BCUT2D eigenvalue weighted by molar-refractivity contribution is -0.557. The molecule has 2 rings (SSSR count). The van der Waals surface area contributed by atoms with Crippen molar-refractivity contribution in [2.75, 3.05) is 13.6 Å². The zero-order valence-corrected chi connectivity index (χ0v) is 8.01. The van der Waals surface area contributed by atoms with Crippen LogP contribution in [0.4, 0.5) is 0 Å². The van der Waals surface area contributed by atoms with E-state index < -0.39 is 6.17 Å². The van der Waals surface area contributed by atoms with E-state index in [1.165, 1.54) is 0 Å². The zero-order valence-electron chi connectivity index (χ0n) is 8.01. The molecule has 0 bridgehead atoms. The SMILES string of the molecule is CN1CCc2ccccc2C1[N+](=O)[O-]. The summed E-state index contributed by atoms with van der Waals surface area (Å²) >= 11 is 0. The van der Waals surface area contributed by atoms with Gasteiger partial charge in [0.25, 0.3) is 6.17 Å². The highest BCUT2D eigenvalue weighted by Crippen LogP contribution is 2.28. The van der Waals surface area contributed by atoms with E-state index in [1.54, 1.807) is 11.9 Å². The summed E-state index contributed by atoms with van der Waals surface area (Å²) in [6.07, 6.45) is 0.233. The molecule has 0 saturated carbocycles. The van der Waals surface area contributed by atoms with Crippen LogP contribution in [-0.2, 0) is 6.42 Å². The van der Waals surface area contributed by atoms with Crippen molar-refractivity contribution in [2.45, 2.75) is 12.6 Å². The van der Waals surface area contributed by atoms with Gasteiger partial charge < -0.3 is 0 Å². The Hall–Kier alpha value is -1.42. The molecule has 0 fully saturated rings. The van der Waals surface area contributed by atoms with Crippen LogP contribution < -0.4 is 0 Å². The molecule has 1 heterocycles. The second kappa shape index (κ2) is 3.38. The number of rotatable bonds is 1. The van der Waals surface area contributed by atoms with Crippen molar-refractivity contribution >= 4 is 0 Å². The fourth-order valence-electron chi connectivity index (χ4n) is 1.94. The first-order valence-corrected chi connectivity index (χ1v) is 4.61. The van der Waals surface area contributed by atoms with Gasteiger partial charge in [0.15, 0.2) is 0 Å². The van der Waals surface area contributed by atoms with Gasteiger partial charge in [0.05, 0.1) is 0 Å². The smallest absolute Gasteiger partial charge is 0.262 e. The van der Waals surface area contributed by atoms with Crippen molar-refractivity contribution in [2.24, 2.45) is 0 Å². The Balaban J connectivity index is 2.46. The lowest BCUT2D eigenvalue weighted by Gasteiger charge is -2.27. The molecule has 0 saturated heterocycles. The molecule has 1 aromatic carbocycles. The normalized spacial score (nSPS) is 21.6. The van der Waals surface area contributed by atoms with Crippen molar-refractivity contribution in [1.29, 1.82) is 0 Å². The zero-order chi connectivity index (χ0) is 10.1. The molecule has 4 nitrogen and oxygen atoms in total. The largest absolute Gasteiger partial charge is 0.294 e. The molecule has 0 spiro atoms. The van der Waals surface area contributed by atoms with E-state index in [1.807, 2.05) is 24.3 Å².